The van der Waals surface area contributed by atoms with E-state index in [1.54, 1.807) is 30.1 Å². The van der Waals surface area contributed by atoms with E-state index in [0.717, 1.165) is 11.3 Å². The summed E-state index contributed by atoms with van der Waals surface area (Å²) >= 11 is 0. The number of methoxy groups -OCH3 is 1. The normalized spacial score (nSPS) is 10.4. The Balaban J connectivity index is 1.86. The van der Waals surface area contributed by atoms with Crippen LogP contribution in [0.5, 0.6) is 5.75 Å². The van der Waals surface area contributed by atoms with Crippen molar-refractivity contribution in [3.05, 3.63) is 59.8 Å². The Bertz CT molecular complexity index is 1010. The first kappa shape index (κ1) is 20.1. The lowest BCUT2D eigenvalue weighted by Crippen LogP contribution is -2.05. The van der Waals surface area contributed by atoms with Gasteiger partial charge < -0.3 is 14.2 Å². The maximum atomic E-state index is 7.93. The molecule has 0 atom stereocenters. The van der Waals surface area contributed by atoms with E-state index in [1.165, 1.54) is 0 Å². The van der Waals surface area contributed by atoms with Crippen LogP contribution in [0.3, 0.4) is 0 Å². The molecule has 0 unspecified atom stereocenters. The second-order valence-corrected chi connectivity index (χ2v) is 6.03. The molecule has 3 rings (SSSR count). The minimum absolute atomic E-state index is 0.0960. The fraction of sp³-hybridized carbons (Fsp3) is 0.238. The van der Waals surface area contributed by atoms with Gasteiger partial charge in [0.2, 0.25) is 11.8 Å². The number of nitrogens with zero attached hydrogens (tertiary/aromatic N) is 3. The fourth-order valence-corrected chi connectivity index (χ4v) is 2.78. The van der Waals surface area contributed by atoms with E-state index in [1.807, 2.05) is 44.2 Å². The molecule has 0 bridgehead atoms. The van der Waals surface area contributed by atoms with Gasteiger partial charge in [-0.2, -0.15) is 0 Å². The number of rotatable bonds is 7. The van der Waals surface area contributed by atoms with Crippen molar-refractivity contribution in [2.24, 2.45) is 0 Å². The summed E-state index contributed by atoms with van der Waals surface area (Å²) in [4.78, 5) is 0. The zero-order valence-corrected chi connectivity index (χ0v) is 16.6. The fourth-order valence-electron chi connectivity index (χ4n) is 2.78. The highest BCUT2D eigenvalue weighted by atomic mass is 16.5. The van der Waals surface area contributed by atoms with Crippen molar-refractivity contribution in [3.63, 3.8) is 0 Å². The van der Waals surface area contributed by atoms with Crippen LogP contribution in [-0.2, 0) is 9.47 Å². The third-order valence-electron chi connectivity index (χ3n) is 4.20. The Kier molecular flexibility index (Phi) is 6.23. The Morgan fingerprint density at radius 1 is 0.931 bits per heavy atom. The summed E-state index contributed by atoms with van der Waals surface area (Å²) in [5.41, 5.74) is 3.55. The number of hydrogen-bond donors (Lipinski definition) is 2. The van der Waals surface area contributed by atoms with Gasteiger partial charge in [-0.15, -0.1) is 5.10 Å². The second-order valence-electron chi connectivity index (χ2n) is 6.03. The lowest BCUT2D eigenvalue weighted by Gasteiger charge is -2.10. The zero-order chi connectivity index (χ0) is 20.8. The molecule has 0 radical (unpaired) electrons. The topological polar surface area (TPSA) is 106 Å². The van der Waals surface area contributed by atoms with Gasteiger partial charge in [0.1, 0.15) is 11.4 Å². The number of benzene rings is 2. The Labute approximate surface area is 169 Å². The van der Waals surface area contributed by atoms with Crippen LogP contribution in [0, 0.1) is 10.8 Å². The Morgan fingerprint density at radius 2 is 1.55 bits per heavy atom. The molecule has 3 aromatic rings. The summed E-state index contributed by atoms with van der Waals surface area (Å²) in [7, 11) is 1.57. The van der Waals surface area contributed by atoms with Crippen LogP contribution < -0.4 is 4.74 Å². The third-order valence-corrected chi connectivity index (χ3v) is 4.20. The third kappa shape index (κ3) is 4.43. The van der Waals surface area contributed by atoms with E-state index in [4.69, 9.17) is 25.0 Å². The first-order valence-electron chi connectivity index (χ1n) is 9.22. The predicted molar refractivity (Wildman–Crippen MR) is 110 cm³/mol. The lowest BCUT2D eigenvalue weighted by atomic mass is 10.1. The van der Waals surface area contributed by atoms with Gasteiger partial charge in [0.25, 0.3) is 0 Å². The van der Waals surface area contributed by atoms with Crippen LogP contribution >= 0.6 is 0 Å². The summed E-state index contributed by atoms with van der Waals surface area (Å²) in [6, 6.07) is 12.7. The minimum Gasteiger partial charge on any atom is -0.496 e. The summed E-state index contributed by atoms with van der Waals surface area (Å²) in [5, 5.41) is 24.2. The molecule has 0 fully saturated rings. The molecule has 0 saturated carbocycles. The van der Waals surface area contributed by atoms with Crippen LogP contribution in [0.1, 0.15) is 25.0 Å². The summed E-state index contributed by atoms with van der Waals surface area (Å²) in [5.74, 6) is 0.819. The molecule has 1 aromatic heterocycles. The van der Waals surface area contributed by atoms with Gasteiger partial charge in [-0.05, 0) is 56.3 Å². The van der Waals surface area contributed by atoms with E-state index in [0.29, 0.717) is 35.8 Å². The highest BCUT2D eigenvalue weighted by molar-refractivity contribution is 5.93. The summed E-state index contributed by atoms with van der Waals surface area (Å²) < 4.78 is 17.6. The molecule has 29 heavy (non-hydrogen) atoms. The van der Waals surface area contributed by atoms with Crippen molar-refractivity contribution >= 4 is 11.8 Å². The molecule has 8 nitrogen and oxygen atoms in total. The molecule has 2 aromatic carbocycles. The maximum Gasteiger partial charge on any atom is 0.213 e. The van der Waals surface area contributed by atoms with Gasteiger partial charge in [0.15, 0.2) is 0 Å². The second kappa shape index (κ2) is 9.01. The first-order chi connectivity index (χ1) is 14.1. The van der Waals surface area contributed by atoms with Crippen molar-refractivity contribution in [1.29, 1.82) is 10.8 Å². The zero-order valence-electron chi connectivity index (χ0n) is 16.6. The molecular formula is C21H23N5O3. The summed E-state index contributed by atoms with van der Waals surface area (Å²) in [6.07, 6.45) is 1.80. The van der Waals surface area contributed by atoms with Crippen molar-refractivity contribution in [2.45, 2.75) is 13.8 Å². The average molecular weight is 393 g/mol. The minimum atomic E-state index is 0.0960. The van der Waals surface area contributed by atoms with Crippen LogP contribution in [0.4, 0.5) is 0 Å². The number of hydrogen-bond acceptors (Lipinski definition) is 7. The number of aromatic nitrogens is 3. The number of ether oxygens (including phenoxy) is 3. The van der Waals surface area contributed by atoms with E-state index in [-0.39, 0.29) is 11.8 Å². The predicted octanol–water partition coefficient (Wildman–Crippen LogP) is 3.67. The van der Waals surface area contributed by atoms with Crippen LogP contribution in [0.25, 0.3) is 16.9 Å². The van der Waals surface area contributed by atoms with Crippen molar-refractivity contribution < 1.29 is 14.2 Å². The van der Waals surface area contributed by atoms with Gasteiger partial charge in [-0.3, -0.25) is 10.8 Å². The SMILES string of the molecule is CCOC(=N)c1ccc(-n2cc(-c3ccc(C(=N)OCC)cc3OC)nn2)cc1. The van der Waals surface area contributed by atoms with Crippen LogP contribution in [0.2, 0.25) is 0 Å². The Morgan fingerprint density at radius 3 is 2.17 bits per heavy atom. The van der Waals surface area contributed by atoms with E-state index in [2.05, 4.69) is 10.3 Å². The van der Waals surface area contributed by atoms with E-state index < -0.39 is 0 Å². The van der Waals surface area contributed by atoms with Gasteiger partial charge in [0, 0.05) is 16.7 Å². The van der Waals surface area contributed by atoms with Crippen LogP contribution in [-0.4, -0.2) is 47.1 Å². The van der Waals surface area contributed by atoms with Gasteiger partial charge >= 0.3 is 0 Å². The highest BCUT2D eigenvalue weighted by Crippen LogP contribution is 2.30. The number of nitrogens with one attached hydrogen (secondary N) is 2. The molecule has 2 N–H and O–H groups in total. The monoisotopic (exact) mass is 393 g/mol. The molecule has 0 spiro atoms. The van der Waals surface area contributed by atoms with Gasteiger partial charge in [0.05, 0.1) is 32.2 Å². The van der Waals surface area contributed by atoms with E-state index in [9.17, 15) is 0 Å². The van der Waals surface area contributed by atoms with Gasteiger partial charge in [-0.25, -0.2) is 4.68 Å². The van der Waals surface area contributed by atoms with Crippen molar-refractivity contribution in [2.75, 3.05) is 20.3 Å². The molecule has 8 heteroatoms. The molecular weight excluding hydrogens is 370 g/mol. The Hall–Kier alpha value is -3.68. The van der Waals surface area contributed by atoms with E-state index >= 15 is 0 Å². The maximum absolute atomic E-state index is 7.93. The largest absolute Gasteiger partial charge is 0.496 e. The molecule has 0 saturated heterocycles. The van der Waals surface area contributed by atoms with Crippen LogP contribution in [0.15, 0.2) is 48.7 Å². The molecule has 0 aliphatic rings. The molecule has 0 amide bonds. The molecule has 0 aliphatic heterocycles. The summed E-state index contributed by atoms with van der Waals surface area (Å²) in [6.45, 7) is 4.57. The lowest BCUT2D eigenvalue weighted by molar-refractivity contribution is 0.325. The quantitative estimate of drug-likeness (QED) is 0.471. The smallest absolute Gasteiger partial charge is 0.213 e. The molecule has 150 valence electrons. The van der Waals surface area contributed by atoms with Gasteiger partial charge in [-0.1, -0.05) is 5.21 Å². The van der Waals surface area contributed by atoms with Crippen molar-refractivity contribution in [3.8, 4) is 22.7 Å². The van der Waals surface area contributed by atoms with Crippen molar-refractivity contribution in [1.82, 2.24) is 15.0 Å². The molecule has 1 heterocycles. The average Bonchev–Trinajstić information content (AvgIpc) is 3.23. The highest BCUT2D eigenvalue weighted by Gasteiger charge is 2.14. The molecule has 0 aliphatic carbocycles. The first-order valence-corrected chi connectivity index (χ1v) is 9.22. The standard InChI is InChI=1S/C21H23N5O3/c1-4-28-20(22)14-6-9-16(10-7-14)26-13-18(24-25-26)17-11-8-15(12-19(17)27-3)21(23)29-5-2/h6-13,22-23H,4-5H2,1-3H3.